The third-order valence-electron chi connectivity index (χ3n) is 19.7. The van der Waals surface area contributed by atoms with E-state index in [0.29, 0.717) is 39.2 Å². The van der Waals surface area contributed by atoms with Gasteiger partial charge in [0.1, 0.15) is 88.6 Å². The molecule has 5 aromatic rings. The first-order valence-electron chi connectivity index (χ1n) is 36.4. The summed E-state index contributed by atoms with van der Waals surface area (Å²) in [6.45, 7) is 14.6. The van der Waals surface area contributed by atoms with Crippen LogP contribution in [0.15, 0.2) is 97.3 Å². The highest BCUT2D eigenvalue weighted by Gasteiger charge is 2.53. The monoisotopic (exact) mass is 1560 g/mol. The highest BCUT2D eigenvalue weighted by Crippen LogP contribution is 2.36. The van der Waals surface area contributed by atoms with Gasteiger partial charge in [0.25, 0.3) is 0 Å². The van der Waals surface area contributed by atoms with E-state index in [4.69, 9.17) is 5.73 Å². The summed E-state index contributed by atoms with van der Waals surface area (Å²) in [4.78, 5) is 195. The third kappa shape index (κ3) is 22.7. The molecule has 13 amide bonds. The van der Waals surface area contributed by atoms with Crippen LogP contribution in [0.5, 0.6) is 11.5 Å². The van der Waals surface area contributed by atoms with Crippen LogP contribution in [-0.2, 0) is 93.1 Å². The van der Waals surface area contributed by atoms with Gasteiger partial charge >= 0.3 is 0 Å². The summed E-state index contributed by atoms with van der Waals surface area (Å²) >= 11 is 2.52. The lowest BCUT2D eigenvalue weighted by Gasteiger charge is -2.36. The van der Waals surface area contributed by atoms with Crippen molar-refractivity contribution in [3.05, 3.63) is 125 Å². The molecule has 13 atom stereocenters. The molecule has 0 radical (unpaired) electrons. The molecule has 32 nitrogen and oxygen atoms in total. The van der Waals surface area contributed by atoms with Gasteiger partial charge in [0.05, 0.1) is 12.2 Å². The van der Waals surface area contributed by atoms with Crippen molar-refractivity contribution in [2.24, 2.45) is 17.1 Å². The Morgan fingerprint density at radius 1 is 0.636 bits per heavy atom. The molecular weight excluding hydrogens is 1460 g/mol. The lowest BCUT2D eigenvalue weighted by molar-refractivity contribution is -0.143. The molecule has 0 unspecified atom stereocenters. The summed E-state index contributed by atoms with van der Waals surface area (Å²) in [7, 11) is 0. The van der Waals surface area contributed by atoms with Gasteiger partial charge in [-0.2, -0.15) is 23.5 Å². The van der Waals surface area contributed by atoms with E-state index < -0.39 is 172 Å². The van der Waals surface area contributed by atoms with Gasteiger partial charge in [0.15, 0.2) is 0 Å². The number of aromatic amines is 1. The van der Waals surface area contributed by atoms with Crippen molar-refractivity contribution in [1.29, 1.82) is 0 Å². The number of aromatic hydroxyl groups is 2. The number of H-pyrrole nitrogens is 1. The number of phenolic OH excluding ortho intramolecular Hbond substituents is 2. The molecule has 3 aliphatic rings. The van der Waals surface area contributed by atoms with E-state index in [1.807, 2.05) is 18.2 Å². The van der Waals surface area contributed by atoms with Gasteiger partial charge in [0, 0.05) is 73.5 Å². The van der Waals surface area contributed by atoms with Crippen molar-refractivity contribution in [1.82, 2.24) is 73.4 Å². The molecule has 1 aliphatic carbocycles. The number of aliphatic hydroxyl groups excluding tert-OH is 2. The highest BCUT2D eigenvalue weighted by atomic mass is 32.2. The van der Waals surface area contributed by atoms with Gasteiger partial charge in [0.2, 0.25) is 76.8 Å². The largest absolute Gasteiger partial charge is 0.508 e. The molecule has 8 rings (SSSR count). The van der Waals surface area contributed by atoms with Gasteiger partial charge in [-0.3, -0.25) is 62.3 Å². The molecule has 110 heavy (non-hydrogen) atoms. The molecule has 2 aliphatic heterocycles. The van der Waals surface area contributed by atoms with Gasteiger partial charge in [-0.1, -0.05) is 83.1 Å². The Kier molecular flexibility index (Phi) is 29.0. The summed E-state index contributed by atoms with van der Waals surface area (Å²) in [6.07, 6.45) is -0.379. The Morgan fingerprint density at radius 3 is 1.76 bits per heavy atom. The first-order chi connectivity index (χ1) is 51.9. The van der Waals surface area contributed by atoms with Gasteiger partial charge in [-0.05, 0) is 129 Å². The maximum Gasteiger partial charge on any atom is 0.246 e. The number of hydrogen-bond donors (Lipinski definition) is 17. The minimum absolute atomic E-state index is 0.00753. The summed E-state index contributed by atoms with van der Waals surface area (Å²) in [5.74, 6) is -11.6. The fraction of sp³-hybridized carbons (Fsp3) is 0.500. The molecule has 1 spiro atoms. The Bertz CT molecular complexity index is 4210. The van der Waals surface area contributed by atoms with Crippen molar-refractivity contribution in [3.63, 3.8) is 0 Å². The molecule has 594 valence electrons. The molecule has 1 saturated carbocycles. The summed E-state index contributed by atoms with van der Waals surface area (Å²) in [6, 6.07) is 7.66. The number of fused-ring (bicyclic) bond motifs is 4. The SMILES string of the molecule is CC(=O)N[C@H]1CSCc2cccc(c2)CSC[C@H](C(N)=O)NC(=O)[C@H]([C@@H](C)O)NC(=O)[C@](C)(C(C)C)NC(=O)[C@H](Cc2ccc(O)cc2)NC(=O)[C@H](C)NC(=O)C2(CC2)NC(=O)[C@H](Cc2c[nH]c3ncccc23)NC(=O)[C@H]([C@@H](C)O)NC(=O)[C@@H]2CCCN2C(=O)[C@H](Cc2ccc(O)cc2)NC(=O)[C@H](C(C)(C)C)NC1=O. The lowest BCUT2D eigenvalue weighted by atomic mass is 9.85. The lowest BCUT2D eigenvalue weighted by Crippen LogP contribution is -2.67. The van der Waals surface area contributed by atoms with Crippen LogP contribution in [0.1, 0.15) is 123 Å². The highest BCUT2D eigenvalue weighted by molar-refractivity contribution is 7.98. The Morgan fingerprint density at radius 2 is 1.19 bits per heavy atom. The second kappa shape index (κ2) is 37.4. The normalized spacial score (nSPS) is 26.0. The third-order valence-corrected chi connectivity index (χ3v) is 21.9. The smallest absolute Gasteiger partial charge is 0.246 e. The van der Waals surface area contributed by atoms with Crippen LogP contribution in [0.25, 0.3) is 11.0 Å². The van der Waals surface area contributed by atoms with E-state index in [0.717, 1.165) is 11.1 Å². The number of pyridine rings is 1. The molecule has 18 N–H and O–H groups in total. The summed E-state index contributed by atoms with van der Waals surface area (Å²) in [5, 5.41) is 72.7. The zero-order valence-corrected chi connectivity index (χ0v) is 64.7. The number of amides is 13. The number of aromatic nitrogens is 2. The van der Waals surface area contributed by atoms with Crippen molar-refractivity contribution in [2.45, 2.75) is 209 Å². The van der Waals surface area contributed by atoms with E-state index >= 15 is 4.79 Å². The molecule has 1 saturated heterocycles. The van der Waals surface area contributed by atoms with Crippen LogP contribution >= 0.6 is 23.5 Å². The predicted octanol–water partition coefficient (Wildman–Crippen LogP) is 0.0489. The number of rotatable bonds is 11. The summed E-state index contributed by atoms with van der Waals surface area (Å²) in [5.41, 5.74) is 4.60. The molecule has 3 aromatic carbocycles. The number of carbonyl (C=O) groups is 13. The van der Waals surface area contributed by atoms with Crippen molar-refractivity contribution >= 4 is 111 Å². The van der Waals surface area contributed by atoms with E-state index in [1.54, 1.807) is 59.0 Å². The van der Waals surface area contributed by atoms with E-state index in [2.05, 4.69) is 68.5 Å². The number of nitrogens with two attached hydrogens (primary N) is 1. The van der Waals surface area contributed by atoms with Crippen LogP contribution in [0, 0.1) is 11.3 Å². The summed E-state index contributed by atoms with van der Waals surface area (Å²) < 4.78 is 0. The molecule has 2 bridgehead atoms. The van der Waals surface area contributed by atoms with E-state index in [1.165, 1.54) is 118 Å². The molecule has 4 heterocycles. The topological polar surface area (TPSA) is 493 Å². The van der Waals surface area contributed by atoms with Crippen LogP contribution in [0.3, 0.4) is 0 Å². The number of nitrogens with one attached hydrogen (secondary N) is 12. The number of carbonyl (C=O) groups excluding carboxylic acids is 13. The van der Waals surface area contributed by atoms with Gasteiger partial charge in [-0.25, -0.2) is 4.98 Å². The Balaban J connectivity index is 1.11. The Hall–Kier alpha value is -10.3. The quantitative estimate of drug-likeness (QED) is 0.0831. The zero-order valence-electron chi connectivity index (χ0n) is 63.1. The van der Waals surface area contributed by atoms with Crippen LogP contribution in [0.4, 0.5) is 0 Å². The number of nitrogens with zero attached hydrogens (tertiary/aromatic N) is 2. The maximum atomic E-state index is 15.2. The second-order valence-corrected chi connectivity index (χ2v) is 32.0. The molecular formula is C76H101N15O17S2. The maximum absolute atomic E-state index is 15.2. The minimum Gasteiger partial charge on any atom is -0.508 e. The van der Waals surface area contributed by atoms with Crippen LogP contribution < -0.4 is 64.2 Å². The Labute approximate surface area is 645 Å². The predicted molar refractivity (Wildman–Crippen MR) is 409 cm³/mol. The number of primary amides is 1. The van der Waals surface area contributed by atoms with Crippen molar-refractivity contribution in [2.75, 3.05) is 18.1 Å². The van der Waals surface area contributed by atoms with Crippen LogP contribution in [0.2, 0.25) is 0 Å². The number of thioether (sulfide) groups is 2. The minimum atomic E-state index is -1.90. The van der Waals surface area contributed by atoms with E-state index in [9.17, 15) is 78.0 Å². The van der Waals surface area contributed by atoms with Crippen LogP contribution in [-0.4, -0.2) is 214 Å². The average molecular weight is 1560 g/mol. The molecule has 34 heteroatoms. The number of hydrogen-bond acceptors (Lipinski definition) is 20. The van der Waals surface area contributed by atoms with Crippen molar-refractivity contribution < 1.29 is 82.8 Å². The zero-order chi connectivity index (χ0) is 80.7. The molecule has 2 fully saturated rings. The standard InChI is InChI=1S/C76H101N15O17S2/c1-39(2)75(10)72(107)87-59(42(5)93)69(104)85-55(61(77)97)37-109-35-46-14-11-15-47(30-46)36-110-38-56(81-43(6)94)64(99)88-60(74(7,8)9)70(105)84-54(32-45-20-24-50(96)25-21-45)71(106)91-29-13-17-57(91)67(102)86-58(41(4)92)68(103)83-53(33-48-34-79-62-51(48)16-12-28-78-62)66(101)90-76(26-27-76)73(108)80-40(3)63(98)82-52(65(100)89-75)31-44-18-22-49(95)23-19-44/h11-12,14-16,18-25,28,30,34,39-42,52-60,92-93,95-96H,13,17,26-27,29,31-33,35-38H2,1-10H3,(H2,77,97)(H,78,79)(H,80,108)(H,81,94)(H,82,98)(H,83,103)(H,84,105)(H,85,104)(H,86,102)(H,87,107)(H,88,99)(H,89,100)(H,90,101)/t40-,41+,42+,52-,53-,54-,55+,56-,57-,58-,59-,60+,75-/m0/s1. The second-order valence-electron chi connectivity index (χ2n) is 29.9. The fourth-order valence-corrected chi connectivity index (χ4v) is 14.7. The van der Waals surface area contributed by atoms with Gasteiger partial charge in [-0.15, -0.1) is 0 Å². The number of benzene rings is 3. The fourth-order valence-electron chi connectivity index (χ4n) is 12.7. The van der Waals surface area contributed by atoms with Gasteiger partial charge < -0.3 is 94.5 Å². The first-order valence-corrected chi connectivity index (χ1v) is 38.7. The first kappa shape index (κ1) is 85.3. The van der Waals surface area contributed by atoms with E-state index in [-0.39, 0.29) is 74.5 Å². The number of phenols is 2. The molecule has 2 aromatic heterocycles. The average Bonchev–Trinajstić information content (AvgIpc) is 1.60. The van der Waals surface area contributed by atoms with Crippen molar-refractivity contribution in [3.8, 4) is 11.5 Å². The number of aliphatic hydroxyl groups is 2.